The van der Waals surface area contributed by atoms with Crippen molar-refractivity contribution in [2.75, 3.05) is 6.61 Å². The molecule has 0 bridgehead atoms. The molecule has 1 unspecified atom stereocenters. The number of nitrogens with zero attached hydrogens (tertiary/aromatic N) is 1. The molecule has 0 aliphatic heterocycles. The van der Waals surface area contributed by atoms with E-state index >= 15 is 0 Å². The van der Waals surface area contributed by atoms with E-state index in [4.69, 9.17) is 11.6 Å². The van der Waals surface area contributed by atoms with E-state index in [1.54, 1.807) is 42.6 Å². The Kier molecular flexibility index (Phi) is 4.49. The first kappa shape index (κ1) is 13.5. The number of halogens is 1. The zero-order valence-corrected chi connectivity index (χ0v) is 10.8. The number of hydrogen-bond acceptors (Lipinski definition) is 3. The summed E-state index contributed by atoms with van der Waals surface area (Å²) in [4.78, 5) is 15.8. The molecule has 1 atom stereocenters. The van der Waals surface area contributed by atoms with Crippen LogP contribution in [0.3, 0.4) is 0 Å². The lowest BCUT2D eigenvalue weighted by molar-refractivity contribution is 0.0916. The maximum Gasteiger partial charge on any atom is 0.253 e. The van der Waals surface area contributed by atoms with Gasteiger partial charge in [-0.05, 0) is 29.8 Å². The van der Waals surface area contributed by atoms with Crippen LogP contribution in [-0.2, 0) is 0 Å². The topological polar surface area (TPSA) is 62.2 Å². The van der Waals surface area contributed by atoms with Crippen molar-refractivity contribution in [3.63, 3.8) is 0 Å². The fourth-order valence-corrected chi connectivity index (χ4v) is 1.79. The van der Waals surface area contributed by atoms with E-state index in [1.807, 2.05) is 0 Å². The molecule has 1 aromatic heterocycles. The molecule has 0 aliphatic rings. The van der Waals surface area contributed by atoms with Gasteiger partial charge in [0.1, 0.15) is 0 Å². The summed E-state index contributed by atoms with van der Waals surface area (Å²) in [6.07, 6.45) is 3.07. The molecule has 0 fully saturated rings. The summed E-state index contributed by atoms with van der Waals surface area (Å²) in [5.41, 5.74) is 1.25. The fourth-order valence-electron chi connectivity index (χ4n) is 1.67. The van der Waals surface area contributed by atoms with Gasteiger partial charge >= 0.3 is 0 Å². The summed E-state index contributed by atoms with van der Waals surface area (Å²) in [5.74, 6) is -0.276. The van der Waals surface area contributed by atoms with Gasteiger partial charge in [-0.2, -0.15) is 0 Å². The second-order valence-electron chi connectivity index (χ2n) is 4.00. The standard InChI is InChI=1S/C14H13ClN2O2/c15-12-5-3-10(4-6-12)13(9-18)17-14(19)11-2-1-7-16-8-11/h1-8,13,18H,9H2,(H,17,19). The number of aromatic nitrogens is 1. The number of benzene rings is 1. The Morgan fingerprint density at radius 3 is 2.63 bits per heavy atom. The molecule has 1 heterocycles. The maximum atomic E-state index is 12.0. The van der Waals surface area contributed by atoms with Gasteiger partial charge in [-0.15, -0.1) is 0 Å². The Morgan fingerprint density at radius 2 is 2.05 bits per heavy atom. The van der Waals surface area contributed by atoms with Crippen molar-refractivity contribution in [1.82, 2.24) is 10.3 Å². The Bertz CT molecular complexity index is 543. The van der Waals surface area contributed by atoms with Crippen molar-refractivity contribution >= 4 is 17.5 Å². The maximum absolute atomic E-state index is 12.0. The molecule has 0 saturated carbocycles. The van der Waals surface area contributed by atoms with Crippen molar-refractivity contribution in [2.24, 2.45) is 0 Å². The minimum atomic E-state index is -0.468. The highest BCUT2D eigenvalue weighted by Gasteiger charge is 2.14. The van der Waals surface area contributed by atoms with E-state index in [-0.39, 0.29) is 12.5 Å². The largest absolute Gasteiger partial charge is 0.394 e. The Balaban J connectivity index is 2.11. The molecule has 2 rings (SSSR count). The molecule has 0 radical (unpaired) electrons. The Morgan fingerprint density at radius 1 is 1.32 bits per heavy atom. The van der Waals surface area contributed by atoms with E-state index in [0.717, 1.165) is 5.56 Å². The number of aliphatic hydroxyl groups is 1. The van der Waals surface area contributed by atoms with Crippen molar-refractivity contribution in [3.8, 4) is 0 Å². The third-order valence-electron chi connectivity index (χ3n) is 2.68. The molecule has 2 aromatic rings. The lowest BCUT2D eigenvalue weighted by Gasteiger charge is -2.16. The number of aliphatic hydroxyl groups excluding tert-OH is 1. The van der Waals surface area contributed by atoms with Crippen LogP contribution in [0.5, 0.6) is 0 Å². The second kappa shape index (κ2) is 6.31. The number of amides is 1. The number of hydrogen-bond donors (Lipinski definition) is 2. The van der Waals surface area contributed by atoms with E-state index < -0.39 is 6.04 Å². The highest BCUT2D eigenvalue weighted by molar-refractivity contribution is 6.30. The number of pyridine rings is 1. The van der Waals surface area contributed by atoms with E-state index in [9.17, 15) is 9.90 Å². The summed E-state index contributed by atoms with van der Waals surface area (Å²) in [6, 6.07) is 9.86. The molecule has 19 heavy (non-hydrogen) atoms. The van der Waals surface area contributed by atoms with Crippen LogP contribution in [0, 0.1) is 0 Å². The first-order valence-corrected chi connectivity index (χ1v) is 6.15. The van der Waals surface area contributed by atoms with Crippen molar-refractivity contribution < 1.29 is 9.90 Å². The van der Waals surface area contributed by atoms with Crippen LogP contribution in [-0.4, -0.2) is 22.6 Å². The van der Waals surface area contributed by atoms with Gasteiger partial charge in [-0.25, -0.2) is 0 Å². The van der Waals surface area contributed by atoms with Gasteiger partial charge < -0.3 is 10.4 Å². The van der Waals surface area contributed by atoms with Crippen LogP contribution in [0.1, 0.15) is 22.0 Å². The van der Waals surface area contributed by atoms with Gasteiger partial charge in [0.2, 0.25) is 0 Å². The summed E-state index contributed by atoms with van der Waals surface area (Å²) < 4.78 is 0. The average molecular weight is 277 g/mol. The van der Waals surface area contributed by atoms with Crippen molar-refractivity contribution in [1.29, 1.82) is 0 Å². The van der Waals surface area contributed by atoms with Gasteiger partial charge in [-0.3, -0.25) is 9.78 Å². The van der Waals surface area contributed by atoms with Gasteiger partial charge in [-0.1, -0.05) is 23.7 Å². The zero-order chi connectivity index (χ0) is 13.7. The molecule has 1 aromatic carbocycles. The molecule has 0 saturated heterocycles. The predicted octanol–water partition coefficient (Wildman–Crippen LogP) is 2.20. The van der Waals surface area contributed by atoms with E-state index in [2.05, 4.69) is 10.3 Å². The number of nitrogens with one attached hydrogen (secondary N) is 1. The quantitative estimate of drug-likeness (QED) is 0.900. The summed E-state index contributed by atoms with van der Waals surface area (Å²) in [7, 11) is 0. The molecule has 5 heteroatoms. The van der Waals surface area contributed by atoms with Crippen LogP contribution < -0.4 is 5.32 Å². The third kappa shape index (κ3) is 3.53. The molecular formula is C14H13ClN2O2. The highest BCUT2D eigenvalue weighted by Crippen LogP contribution is 2.16. The normalized spacial score (nSPS) is 11.9. The van der Waals surface area contributed by atoms with Gasteiger partial charge in [0.15, 0.2) is 0 Å². The monoisotopic (exact) mass is 276 g/mol. The van der Waals surface area contributed by atoms with Crippen LogP contribution in [0.15, 0.2) is 48.8 Å². The van der Waals surface area contributed by atoms with E-state index in [1.165, 1.54) is 6.20 Å². The SMILES string of the molecule is O=C(NC(CO)c1ccc(Cl)cc1)c1cccnc1. The first-order chi connectivity index (χ1) is 9.20. The van der Waals surface area contributed by atoms with Crippen molar-refractivity contribution in [3.05, 3.63) is 64.9 Å². The lowest BCUT2D eigenvalue weighted by Crippen LogP contribution is -2.30. The smallest absolute Gasteiger partial charge is 0.253 e. The average Bonchev–Trinajstić information content (AvgIpc) is 2.46. The number of rotatable bonds is 4. The third-order valence-corrected chi connectivity index (χ3v) is 2.94. The minimum Gasteiger partial charge on any atom is -0.394 e. The van der Waals surface area contributed by atoms with Crippen LogP contribution in [0.25, 0.3) is 0 Å². The second-order valence-corrected chi connectivity index (χ2v) is 4.44. The lowest BCUT2D eigenvalue weighted by atomic mass is 10.1. The molecular weight excluding hydrogens is 264 g/mol. The molecule has 0 spiro atoms. The molecule has 0 aliphatic carbocycles. The zero-order valence-electron chi connectivity index (χ0n) is 10.1. The molecule has 2 N–H and O–H groups in total. The molecule has 1 amide bonds. The van der Waals surface area contributed by atoms with E-state index in [0.29, 0.717) is 10.6 Å². The molecule has 4 nitrogen and oxygen atoms in total. The predicted molar refractivity (Wildman–Crippen MR) is 73.0 cm³/mol. The Labute approximate surface area is 116 Å². The number of carbonyl (C=O) groups is 1. The Hall–Kier alpha value is -1.91. The van der Waals surface area contributed by atoms with Gasteiger partial charge in [0.25, 0.3) is 5.91 Å². The van der Waals surface area contributed by atoms with Crippen LogP contribution in [0.4, 0.5) is 0 Å². The van der Waals surface area contributed by atoms with Gasteiger partial charge in [0.05, 0.1) is 18.2 Å². The summed E-state index contributed by atoms with van der Waals surface area (Å²) >= 11 is 5.80. The van der Waals surface area contributed by atoms with Crippen LogP contribution >= 0.6 is 11.6 Å². The highest BCUT2D eigenvalue weighted by atomic mass is 35.5. The summed E-state index contributed by atoms with van der Waals surface area (Å²) in [5, 5.41) is 12.7. The first-order valence-electron chi connectivity index (χ1n) is 5.78. The summed E-state index contributed by atoms with van der Waals surface area (Å²) in [6.45, 7) is -0.187. The number of carbonyl (C=O) groups excluding carboxylic acids is 1. The van der Waals surface area contributed by atoms with Crippen LogP contribution in [0.2, 0.25) is 5.02 Å². The molecule has 98 valence electrons. The van der Waals surface area contributed by atoms with Crippen molar-refractivity contribution in [2.45, 2.75) is 6.04 Å². The fraction of sp³-hybridized carbons (Fsp3) is 0.143. The minimum absolute atomic E-state index is 0.187. The van der Waals surface area contributed by atoms with Gasteiger partial charge in [0, 0.05) is 17.4 Å².